The van der Waals surface area contributed by atoms with Gasteiger partial charge in [0.2, 0.25) is 0 Å². The first-order chi connectivity index (χ1) is 18.6. The molecule has 0 radical (unpaired) electrons. The topological polar surface area (TPSA) is 143 Å². The fourth-order valence-corrected chi connectivity index (χ4v) is 4.41. The van der Waals surface area contributed by atoms with E-state index in [4.69, 9.17) is 18.9 Å². The van der Waals surface area contributed by atoms with Gasteiger partial charge in [-0.15, -0.1) is 0 Å². The van der Waals surface area contributed by atoms with Gasteiger partial charge in [-0.25, -0.2) is 9.59 Å². The summed E-state index contributed by atoms with van der Waals surface area (Å²) in [7, 11) is 0. The summed E-state index contributed by atoms with van der Waals surface area (Å²) in [6, 6.07) is 16.5. The second-order valence-corrected chi connectivity index (χ2v) is 9.24. The Hall–Kier alpha value is -4.51. The molecule has 11 heteroatoms. The highest BCUT2D eigenvalue weighted by atomic mass is 16.6. The SMILES string of the molecule is CC(=O)OC[C@]1(OC(C)=O)C[C@@H](n2cc(C)c(=O)[nH]c2=O)O[C@@H]1COC(=O)c1ccc(-c2ccccc2)cc1. The molecule has 2 heterocycles. The summed E-state index contributed by atoms with van der Waals surface area (Å²) >= 11 is 0. The first kappa shape index (κ1) is 27.5. The molecule has 0 amide bonds. The molecule has 0 unspecified atom stereocenters. The molecule has 1 aliphatic heterocycles. The molecule has 3 aromatic rings. The van der Waals surface area contributed by atoms with Gasteiger partial charge in [-0.3, -0.25) is 23.9 Å². The van der Waals surface area contributed by atoms with E-state index in [1.807, 2.05) is 30.3 Å². The Morgan fingerprint density at radius 3 is 2.28 bits per heavy atom. The molecule has 0 bridgehead atoms. The van der Waals surface area contributed by atoms with Crippen LogP contribution in [0.1, 0.15) is 42.4 Å². The minimum atomic E-state index is -1.57. The molecular formula is C28H28N2O9. The fourth-order valence-electron chi connectivity index (χ4n) is 4.41. The van der Waals surface area contributed by atoms with Gasteiger partial charge in [0.1, 0.15) is 25.5 Å². The van der Waals surface area contributed by atoms with E-state index in [0.29, 0.717) is 0 Å². The summed E-state index contributed by atoms with van der Waals surface area (Å²) in [5.74, 6) is -1.97. The molecular weight excluding hydrogens is 508 g/mol. The lowest BCUT2D eigenvalue weighted by atomic mass is 9.95. The van der Waals surface area contributed by atoms with E-state index in [-0.39, 0.29) is 24.2 Å². The average molecular weight is 537 g/mol. The van der Waals surface area contributed by atoms with Gasteiger partial charge in [-0.2, -0.15) is 0 Å². The van der Waals surface area contributed by atoms with E-state index in [1.165, 1.54) is 27.0 Å². The maximum Gasteiger partial charge on any atom is 0.338 e. The van der Waals surface area contributed by atoms with Crippen LogP contribution in [0.3, 0.4) is 0 Å². The second-order valence-electron chi connectivity index (χ2n) is 9.24. The van der Waals surface area contributed by atoms with E-state index in [1.54, 1.807) is 24.3 Å². The van der Waals surface area contributed by atoms with E-state index in [9.17, 15) is 24.0 Å². The summed E-state index contributed by atoms with van der Waals surface area (Å²) in [6.07, 6.45) is -0.910. The predicted octanol–water partition coefficient (Wildman–Crippen LogP) is 2.52. The number of hydrogen-bond donors (Lipinski definition) is 1. The van der Waals surface area contributed by atoms with Gasteiger partial charge in [0.15, 0.2) is 5.60 Å². The lowest BCUT2D eigenvalue weighted by Gasteiger charge is -2.32. The third kappa shape index (κ3) is 6.32. The third-order valence-corrected chi connectivity index (χ3v) is 6.34. The van der Waals surface area contributed by atoms with Crippen LogP contribution < -0.4 is 11.2 Å². The Balaban J connectivity index is 1.57. The van der Waals surface area contributed by atoms with Crippen molar-refractivity contribution in [2.45, 2.75) is 45.1 Å². The summed E-state index contributed by atoms with van der Waals surface area (Å²) in [4.78, 5) is 63.1. The number of aryl methyl sites for hydroxylation is 1. The zero-order valence-corrected chi connectivity index (χ0v) is 21.7. The van der Waals surface area contributed by atoms with Gasteiger partial charge in [0.05, 0.1) is 5.56 Å². The smallest absolute Gasteiger partial charge is 0.338 e. The fraction of sp³-hybridized carbons (Fsp3) is 0.321. The van der Waals surface area contributed by atoms with Gasteiger partial charge in [0, 0.05) is 32.0 Å². The number of rotatable bonds is 8. The molecule has 204 valence electrons. The standard InChI is InChI=1S/C28H28N2O9/c1-17-14-30(27(35)29-25(17)33)24-13-28(39-19(3)32,16-37-18(2)31)23(38-24)15-36-26(34)22-11-9-21(10-12-22)20-7-5-4-6-8-20/h4-12,14,23-24H,13,15-16H2,1-3H3,(H,29,33,35)/t23-,24+,28-/m1/s1. The molecule has 1 N–H and O–H groups in total. The molecule has 3 atom stereocenters. The van der Waals surface area contributed by atoms with Crippen molar-refractivity contribution >= 4 is 17.9 Å². The van der Waals surface area contributed by atoms with Crippen molar-refractivity contribution in [1.82, 2.24) is 9.55 Å². The maximum absolute atomic E-state index is 12.9. The highest BCUT2D eigenvalue weighted by Gasteiger charge is 2.54. The van der Waals surface area contributed by atoms with Crippen molar-refractivity contribution in [3.05, 3.63) is 92.8 Å². The highest BCUT2D eigenvalue weighted by molar-refractivity contribution is 5.90. The van der Waals surface area contributed by atoms with Crippen LogP contribution in [-0.2, 0) is 28.5 Å². The number of carbonyl (C=O) groups is 3. The van der Waals surface area contributed by atoms with Crippen LogP contribution in [0.15, 0.2) is 70.4 Å². The Labute approximate surface area is 223 Å². The Kier molecular flexibility index (Phi) is 8.10. The number of aromatic amines is 1. The van der Waals surface area contributed by atoms with E-state index in [0.717, 1.165) is 15.7 Å². The number of H-pyrrole nitrogens is 1. The molecule has 1 fully saturated rings. The molecule has 1 aliphatic rings. The molecule has 1 aromatic heterocycles. The molecule has 39 heavy (non-hydrogen) atoms. The van der Waals surface area contributed by atoms with Gasteiger partial charge >= 0.3 is 23.6 Å². The first-order valence-corrected chi connectivity index (χ1v) is 12.2. The van der Waals surface area contributed by atoms with Crippen LogP contribution in [0.5, 0.6) is 0 Å². The van der Waals surface area contributed by atoms with Gasteiger partial charge in [0.25, 0.3) is 5.56 Å². The second kappa shape index (κ2) is 11.5. The van der Waals surface area contributed by atoms with Gasteiger partial charge < -0.3 is 18.9 Å². The minimum Gasteiger partial charge on any atom is -0.461 e. The highest BCUT2D eigenvalue weighted by Crippen LogP contribution is 2.40. The lowest BCUT2D eigenvalue weighted by molar-refractivity contribution is -0.180. The van der Waals surface area contributed by atoms with Crippen LogP contribution in [0.2, 0.25) is 0 Å². The molecule has 0 spiro atoms. The first-order valence-electron chi connectivity index (χ1n) is 12.2. The van der Waals surface area contributed by atoms with E-state index < -0.39 is 53.7 Å². The van der Waals surface area contributed by atoms with Crippen molar-refractivity contribution in [2.24, 2.45) is 0 Å². The van der Waals surface area contributed by atoms with E-state index in [2.05, 4.69) is 4.98 Å². The van der Waals surface area contributed by atoms with E-state index >= 15 is 0 Å². The van der Waals surface area contributed by atoms with Crippen LogP contribution >= 0.6 is 0 Å². The Bertz CT molecular complexity index is 1480. The van der Waals surface area contributed by atoms with Crippen LogP contribution in [0, 0.1) is 6.92 Å². The van der Waals surface area contributed by atoms with Crippen molar-refractivity contribution < 1.29 is 33.3 Å². The third-order valence-electron chi connectivity index (χ3n) is 6.34. The van der Waals surface area contributed by atoms with Crippen molar-refractivity contribution in [3.63, 3.8) is 0 Å². The van der Waals surface area contributed by atoms with Gasteiger partial charge in [-0.1, -0.05) is 42.5 Å². The monoisotopic (exact) mass is 536 g/mol. The number of benzene rings is 2. The molecule has 2 aromatic carbocycles. The normalized spacial score (nSPS) is 20.3. The van der Waals surface area contributed by atoms with Crippen molar-refractivity contribution in [3.8, 4) is 11.1 Å². The number of hydrogen-bond acceptors (Lipinski definition) is 9. The molecule has 11 nitrogen and oxygen atoms in total. The minimum absolute atomic E-state index is 0.112. The summed E-state index contributed by atoms with van der Waals surface area (Å²) in [6.45, 7) is 3.12. The van der Waals surface area contributed by atoms with Crippen molar-refractivity contribution in [2.75, 3.05) is 13.2 Å². The van der Waals surface area contributed by atoms with Crippen LogP contribution in [-0.4, -0.2) is 52.4 Å². The molecule has 0 saturated carbocycles. The zero-order chi connectivity index (χ0) is 28.2. The number of esters is 3. The quantitative estimate of drug-likeness (QED) is 0.339. The van der Waals surface area contributed by atoms with Crippen molar-refractivity contribution in [1.29, 1.82) is 0 Å². The van der Waals surface area contributed by atoms with Gasteiger partial charge in [-0.05, 0) is 30.2 Å². The van der Waals surface area contributed by atoms with Crippen LogP contribution in [0.25, 0.3) is 11.1 Å². The Morgan fingerprint density at radius 1 is 0.974 bits per heavy atom. The number of nitrogens with zero attached hydrogens (tertiary/aromatic N) is 1. The Morgan fingerprint density at radius 2 is 1.64 bits per heavy atom. The zero-order valence-electron chi connectivity index (χ0n) is 21.7. The number of nitrogens with one attached hydrogen (secondary N) is 1. The largest absolute Gasteiger partial charge is 0.461 e. The number of carbonyl (C=O) groups excluding carboxylic acids is 3. The van der Waals surface area contributed by atoms with Crippen LogP contribution in [0.4, 0.5) is 0 Å². The lowest BCUT2D eigenvalue weighted by Crippen LogP contribution is -2.49. The summed E-state index contributed by atoms with van der Waals surface area (Å²) in [5.41, 5.74) is -0.401. The number of aromatic nitrogens is 2. The maximum atomic E-state index is 12.9. The predicted molar refractivity (Wildman–Crippen MR) is 138 cm³/mol. The average Bonchev–Trinajstić information content (AvgIpc) is 3.26. The number of ether oxygens (including phenoxy) is 4. The summed E-state index contributed by atoms with van der Waals surface area (Å²) in [5, 5.41) is 0. The molecule has 0 aliphatic carbocycles. The summed E-state index contributed by atoms with van der Waals surface area (Å²) < 4.78 is 23.5. The molecule has 1 saturated heterocycles. The molecule has 4 rings (SSSR count).